The molecule has 0 fully saturated rings. The first-order valence-corrected chi connectivity index (χ1v) is 9.69. The molecule has 10 heteroatoms. The van der Waals surface area contributed by atoms with Crippen LogP contribution in [0.5, 0.6) is 5.75 Å². The molecule has 1 aromatic heterocycles. The first-order valence-electron chi connectivity index (χ1n) is 7.32. The molecule has 0 radical (unpaired) electrons. The van der Waals surface area contributed by atoms with Gasteiger partial charge < -0.3 is 4.74 Å². The number of carbonyl (C=O) groups is 1. The van der Waals surface area contributed by atoms with Crippen molar-refractivity contribution in [1.82, 2.24) is 10.2 Å². The highest BCUT2D eigenvalue weighted by atomic mass is 32.2. The van der Waals surface area contributed by atoms with Gasteiger partial charge in [0.15, 0.2) is 0 Å². The quantitative estimate of drug-likeness (QED) is 0.669. The molecule has 2 N–H and O–H groups in total. The summed E-state index contributed by atoms with van der Waals surface area (Å²) in [5, 5.41) is 10.2. The molecule has 3 rings (SSSR count). The Labute approximate surface area is 153 Å². The zero-order chi connectivity index (χ0) is 18.6. The van der Waals surface area contributed by atoms with Gasteiger partial charge in [0.25, 0.3) is 15.9 Å². The van der Waals surface area contributed by atoms with Crippen LogP contribution in [0.2, 0.25) is 0 Å². The summed E-state index contributed by atoms with van der Waals surface area (Å²) in [5.41, 5.74) is 2.06. The van der Waals surface area contributed by atoms with Gasteiger partial charge in [-0.15, -0.1) is 10.2 Å². The second-order valence-electron chi connectivity index (χ2n) is 5.06. The zero-order valence-electron chi connectivity index (χ0n) is 13.5. The van der Waals surface area contributed by atoms with Gasteiger partial charge in [-0.25, -0.2) is 8.42 Å². The summed E-state index contributed by atoms with van der Waals surface area (Å²) in [6.45, 7) is 0. The molecule has 26 heavy (non-hydrogen) atoms. The normalized spacial score (nSPS) is 11.0. The Bertz CT molecular complexity index is 1000. The van der Waals surface area contributed by atoms with E-state index in [1.165, 1.54) is 48.2 Å². The maximum absolute atomic E-state index is 12.6. The van der Waals surface area contributed by atoms with Crippen molar-refractivity contribution in [3.05, 3.63) is 59.6 Å². The van der Waals surface area contributed by atoms with Gasteiger partial charge >= 0.3 is 0 Å². The predicted octanol–water partition coefficient (Wildman–Crippen LogP) is 2.60. The molecule has 0 saturated heterocycles. The van der Waals surface area contributed by atoms with E-state index in [0.717, 1.165) is 0 Å². The maximum Gasteiger partial charge on any atom is 0.261 e. The third kappa shape index (κ3) is 4.16. The van der Waals surface area contributed by atoms with Crippen LogP contribution >= 0.6 is 11.3 Å². The Morgan fingerprint density at radius 3 is 2.58 bits per heavy atom. The molecule has 1 amide bonds. The molecule has 3 aromatic rings. The van der Waals surface area contributed by atoms with Crippen LogP contribution in [0.4, 0.5) is 10.8 Å². The minimum absolute atomic E-state index is 0.0294. The summed E-state index contributed by atoms with van der Waals surface area (Å²) >= 11 is 1.17. The molecule has 0 spiro atoms. The van der Waals surface area contributed by atoms with Gasteiger partial charge in [0.1, 0.15) is 11.3 Å². The molecule has 0 bridgehead atoms. The summed E-state index contributed by atoms with van der Waals surface area (Å²) in [7, 11) is -2.32. The summed E-state index contributed by atoms with van der Waals surface area (Å²) in [4.78, 5) is 12.2. The van der Waals surface area contributed by atoms with E-state index in [1.807, 2.05) is 0 Å². The number of nitrogens with one attached hydrogen (secondary N) is 2. The molecule has 1 heterocycles. The van der Waals surface area contributed by atoms with Crippen molar-refractivity contribution in [2.75, 3.05) is 17.1 Å². The number of carbonyl (C=O) groups excluding carboxylic acids is 1. The van der Waals surface area contributed by atoms with Crippen molar-refractivity contribution in [2.45, 2.75) is 4.90 Å². The first-order chi connectivity index (χ1) is 12.5. The van der Waals surface area contributed by atoms with Gasteiger partial charge in [0.2, 0.25) is 5.13 Å². The second kappa shape index (κ2) is 7.50. The fraction of sp³-hybridized carbons (Fsp3) is 0.0625. The summed E-state index contributed by atoms with van der Waals surface area (Å²) < 4.78 is 32.6. The summed E-state index contributed by atoms with van der Waals surface area (Å²) in [6, 6.07) is 12.2. The van der Waals surface area contributed by atoms with E-state index in [0.29, 0.717) is 16.6 Å². The predicted molar refractivity (Wildman–Crippen MR) is 98.1 cm³/mol. The van der Waals surface area contributed by atoms with E-state index in [-0.39, 0.29) is 10.5 Å². The Balaban J connectivity index is 1.80. The van der Waals surface area contributed by atoms with Crippen molar-refractivity contribution in [1.29, 1.82) is 0 Å². The number of nitrogens with zero attached hydrogens (tertiary/aromatic N) is 2. The zero-order valence-corrected chi connectivity index (χ0v) is 15.2. The molecule has 0 atom stereocenters. The summed E-state index contributed by atoms with van der Waals surface area (Å²) in [5.74, 6) is 0.145. The van der Waals surface area contributed by atoms with E-state index in [2.05, 4.69) is 20.2 Å². The van der Waals surface area contributed by atoms with Gasteiger partial charge in [0.05, 0.1) is 12.0 Å². The lowest BCUT2D eigenvalue weighted by Crippen LogP contribution is -2.16. The average Bonchev–Trinajstić information content (AvgIpc) is 3.15. The van der Waals surface area contributed by atoms with Crippen LogP contribution < -0.4 is 14.8 Å². The molecule has 0 saturated carbocycles. The van der Waals surface area contributed by atoms with E-state index >= 15 is 0 Å². The van der Waals surface area contributed by atoms with Crippen molar-refractivity contribution in [3.8, 4) is 5.75 Å². The Morgan fingerprint density at radius 2 is 1.92 bits per heavy atom. The first kappa shape index (κ1) is 17.8. The lowest BCUT2D eigenvalue weighted by molar-refractivity contribution is 0.102. The van der Waals surface area contributed by atoms with Gasteiger partial charge in [0, 0.05) is 11.3 Å². The minimum atomic E-state index is -3.85. The monoisotopic (exact) mass is 390 g/mol. The fourth-order valence-electron chi connectivity index (χ4n) is 2.07. The van der Waals surface area contributed by atoms with Crippen molar-refractivity contribution >= 4 is 38.1 Å². The molecular formula is C16H14N4O4S2. The fourth-order valence-corrected chi connectivity index (χ4v) is 3.62. The van der Waals surface area contributed by atoms with Crippen molar-refractivity contribution in [2.24, 2.45) is 0 Å². The van der Waals surface area contributed by atoms with Crippen LogP contribution in [-0.2, 0) is 10.0 Å². The van der Waals surface area contributed by atoms with Crippen LogP contribution in [0.15, 0.2) is 58.9 Å². The van der Waals surface area contributed by atoms with E-state index in [1.54, 1.807) is 24.3 Å². The third-order valence-electron chi connectivity index (χ3n) is 3.33. The molecule has 0 aliphatic heterocycles. The highest BCUT2D eigenvalue weighted by Gasteiger charge is 2.17. The van der Waals surface area contributed by atoms with E-state index in [4.69, 9.17) is 4.74 Å². The number of anilines is 2. The average molecular weight is 390 g/mol. The Kier molecular flexibility index (Phi) is 5.14. The third-order valence-corrected chi connectivity index (χ3v) is 5.31. The molecule has 134 valence electrons. The lowest BCUT2D eigenvalue weighted by Gasteiger charge is -2.10. The van der Waals surface area contributed by atoms with Crippen molar-refractivity contribution in [3.63, 3.8) is 0 Å². The number of methoxy groups -OCH3 is 1. The number of aromatic nitrogens is 2. The molecule has 0 aliphatic carbocycles. The van der Waals surface area contributed by atoms with Gasteiger partial charge in [-0.1, -0.05) is 17.4 Å². The number of ether oxygens (including phenoxy) is 1. The van der Waals surface area contributed by atoms with Gasteiger partial charge in [-0.05, 0) is 42.5 Å². The molecule has 0 aliphatic rings. The highest BCUT2D eigenvalue weighted by Crippen LogP contribution is 2.20. The van der Waals surface area contributed by atoms with Crippen LogP contribution in [0.25, 0.3) is 0 Å². The topological polar surface area (TPSA) is 110 Å². The van der Waals surface area contributed by atoms with Gasteiger partial charge in [-0.2, -0.15) is 0 Å². The van der Waals surface area contributed by atoms with E-state index < -0.39 is 15.9 Å². The minimum Gasteiger partial charge on any atom is -0.497 e. The smallest absolute Gasteiger partial charge is 0.261 e. The molecule has 8 nitrogen and oxygen atoms in total. The van der Waals surface area contributed by atoms with Gasteiger partial charge in [-0.3, -0.25) is 14.8 Å². The van der Waals surface area contributed by atoms with Crippen molar-refractivity contribution < 1.29 is 17.9 Å². The SMILES string of the molecule is COc1ccc(NS(=O)(=O)c2cccc(C(=O)Nc3nncs3)c2)cc1. The number of sulfonamides is 1. The highest BCUT2D eigenvalue weighted by molar-refractivity contribution is 7.92. The summed E-state index contributed by atoms with van der Waals surface area (Å²) in [6.07, 6.45) is 0. The number of benzene rings is 2. The van der Waals surface area contributed by atoms with Crippen LogP contribution in [0, 0.1) is 0 Å². The number of rotatable bonds is 6. The van der Waals surface area contributed by atoms with Crippen LogP contribution in [-0.4, -0.2) is 31.6 Å². The lowest BCUT2D eigenvalue weighted by atomic mass is 10.2. The second-order valence-corrected chi connectivity index (χ2v) is 7.58. The van der Waals surface area contributed by atoms with E-state index in [9.17, 15) is 13.2 Å². The molecule has 2 aromatic carbocycles. The number of amides is 1. The largest absolute Gasteiger partial charge is 0.497 e. The maximum atomic E-state index is 12.6. The molecule has 0 unspecified atom stereocenters. The Morgan fingerprint density at radius 1 is 1.15 bits per heavy atom. The number of hydrogen-bond acceptors (Lipinski definition) is 7. The molecular weight excluding hydrogens is 376 g/mol. The standard InChI is InChI=1S/C16H14N4O4S2/c1-24-13-7-5-12(6-8-13)20-26(22,23)14-4-2-3-11(9-14)15(21)18-16-19-17-10-25-16/h2-10,20H,1H3,(H,18,19,21). The van der Waals surface area contributed by atoms with Crippen LogP contribution in [0.1, 0.15) is 10.4 Å². The van der Waals surface area contributed by atoms with Crippen LogP contribution in [0.3, 0.4) is 0 Å². The number of hydrogen-bond donors (Lipinski definition) is 2. The Hall–Kier alpha value is -2.98.